The average Bonchev–Trinajstić information content (AvgIpc) is 0.821. The number of phenols is 1. The molecule has 0 aliphatic rings. The van der Waals surface area contributed by atoms with Crippen molar-refractivity contribution in [2.24, 2.45) is 22.2 Å². The highest BCUT2D eigenvalue weighted by molar-refractivity contribution is 7.98. The van der Waals surface area contributed by atoms with Crippen LogP contribution in [0.25, 0.3) is 0 Å². The number of sulfone groups is 1. The van der Waals surface area contributed by atoms with Gasteiger partial charge in [-0.2, -0.15) is 11.8 Å². The molecular formula is C69H83Cl2N11O14S2. The van der Waals surface area contributed by atoms with Gasteiger partial charge in [0.15, 0.2) is 5.96 Å². The van der Waals surface area contributed by atoms with Gasteiger partial charge in [0.1, 0.15) is 36.0 Å². The summed E-state index contributed by atoms with van der Waals surface area (Å²) in [5, 5.41) is 28.5. The lowest BCUT2D eigenvalue weighted by atomic mass is 10.0. The highest BCUT2D eigenvalue weighted by Crippen LogP contribution is 2.27. The normalized spacial score (nSPS) is 13.7. The molecular weight excluding hydrogens is 1340 g/mol. The van der Waals surface area contributed by atoms with Gasteiger partial charge in [-0.15, -0.1) is 0 Å². The first-order chi connectivity index (χ1) is 46.9. The Morgan fingerprint density at radius 2 is 1.11 bits per heavy atom. The van der Waals surface area contributed by atoms with Crippen molar-refractivity contribution in [1.29, 1.82) is 0 Å². The largest absolute Gasteiger partial charge is 0.508 e. The van der Waals surface area contributed by atoms with Gasteiger partial charge in [-0.1, -0.05) is 150 Å². The van der Waals surface area contributed by atoms with Gasteiger partial charge >= 0.3 is 0 Å². The number of guanidine groups is 1. The summed E-state index contributed by atoms with van der Waals surface area (Å²) in [6.07, 6.45) is 0.773. The van der Waals surface area contributed by atoms with Crippen LogP contribution >= 0.6 is 35.0 Å². The van der Waals surface area contributed by atoms with Crippen LogP contribution in [0.4, 0.5) is 0 Å². The number of Topliss-reactive ketones (excluding diaryl/α,β-unsaturated/α-hetero) is 1. The van der Waals surface area contributed by atoms with Gasteiger partial charge in [-0.3, -0.25) is 43.3 Å². The Bertz CT molecular complexity index is 3730. The quantitative estimate of drug-likeness (QED) is 0.0147. The zero-order valence-corrected chi connectivity index (χ0v) is 57.5. The molecule has 0 fully saturated rings. The van der Waals surface area contributed by atoms with Crippen LogP contribution in [-0.4, -0.2) is 153 Å². The highest BCUT2D eigenvalue weighted by atomic mass is 35.5. The molecule has 98 heavy (non-hydrogen) atoms. The Labute approximate surface area is 583 Å². The van der Waals surface area contributed by atoms with Gasteiger partial charge in [-0.05, 0) is 104 Å². The minimum atomic E-state index is -4.67. The summed E-state index contributed by atoms with van der Waals surface area (Å²) < 4.78 is 47.6. The van der Waals surface area contributed by atoms with E-state index in [0.29, 0.717) is 34.2 Å². The lowest BCUT2D eigenvalue weighted by Crippen LogP contribution is -2.61. The molecule has 0 aromatic heterocycles. The Kier molecular flexibility index (Phi) is 31.9. The van der Waals surface area contributed by atoms with Gasteiger partial charge in [0.25, 0.3) is 0 Å². The van der Waals surface area contributed by atoms with E-state index in [0.717, 1.165) is 5.56 Å². The van der Waals surface area contributed by atoms with Crippen molar-refractivity contribution in [3.63, 3.8) is 0 Å². The molecule has 0 aliphatic carbocycles. The van der Waals surface area contributed by atoms with E-state index in [-0.39, 0.29) is 84.5 Å². The molecule has 6 rings (SSSR count). The van der Waals surface area contributed by atoms with Crippen LogP contribution in [0.1, 0.15) is 59.6 Å². The average molecular weight is 1430 g/mol. The number of thioether (sulfide) groups is 1. The predicted octanol–water partition coefficient (Wildman–Crippen LogP) is 3.99. The van der Waals surface area contributed by atoms with Gasteiger partial charge in [-0.25, -0.2) is 8.42 Å². The molecule has 14 N–H and O–H groups in total. The molecule has 29 heteroatoms. The van der Waals surface area contributed by atoms with E-state index in [9.17, 15) is 42.3 Å². The van der Waals surface area contributed by atoms with Crippen LogP contribution < -0.4 is 54.4 Å². The highest BCUT2D eigenvalue weighted by Gasteiger charge is 2.42. The number of carbonyl (C=O) groups is 8. The number of nitrogens with one attached hydrogen (secondary N) is 7. The van der Waals surface area contributed by atoms with Crippen molar-refractivity contribution in [2.75, 3.05) is 38.2 Å². The smallest absolute Gasteiger partial charge is 0.245 e. The van der Waals surface area contributed by atoms with Crippen molar-refractivity contribution in [3.8, 4) is 5.75 Å². The number of carbonyl (C=O) groups excluding carboxylic acids is 8. The number of benzene rings is 6. The molecule has 0 saturated carbocycles. The number of rotatable bonds is 40. The second kappa shape index (κ2) is 40.1. The van der Waals surface area contributed by atoms with Gasteiger partial charge in [0.2, 0.25) is 62.4 Å². The van der Waals surface area contributed by atoms with E-state index in [2.05, 4.69) is 42.2 Å². The van der Waals surface area contributed by atoms with Crippen LogP contribution in [0.15, 0.2) is 168 Å². The first kappa shape index (κ1) is 78.1. The molecule has 8 atom stereocenters. The molecule has 6 aromatic rings. The SMILES string of the molecule is CSCC[C@H](NC(=O)[C@H](Cc1ccccc1)NC(=O)CNC(=O)CNC(=O)[C@H](Cc1ccc(O)cc1)NC(=O)[C@@H](N)CCCN=C(N)N)C(=O)N[C@H](C(=O)NC(COCc1ccccc1)C(=O)C(OCc1ccccc1)S(=O)(=O)c1ccc(C)cc1)[C@@H](C)OCc1c(Cl)cccc1Cl. The van der Waals surface area contributed by atoms with Gasteiger partial charge in [0, 0.05) is 35.0 Å². The summed E-state index contributed by atoms with van der Waals surface area (Å²) in [7, 11) is -4.67. The summed E-state index contributed by atoms with van der Waals surface area (Å²) in [6.45, 7) is 0.778. The first-order valence-electron chi connectivity index (χ1n) is 31.2. The monoisotopic (exact) mass is 1420 g/mol. The van der Waals surface area contributed by atoms with E-state index >= 15 is 9.59 Å². The third-order valence-corrected chi connectivity index (χ3v) is 18.3. The molecule has 6 aromatic carbocycles. The van der Waals surface area contributed by atoms with E-state index in [1.165, 1.54) is 43.0 Å². The van der Waals surface area contributed by atoms with Crippen LogP contribution in [0.2, 0.25) is 10.0 Å². The fraction of sp³-hybridized carbons (Fsp3) is 0.348. The van der Waals surface area contributed by atoms with Crippen molar-refractivity contribution in [1.82, 2.24) is 37.2 Å². The molecule has 0 aliphatic heterocycles. The number of hydrogen-bond acceptors (Lipinski definition) is 17. The molecule has 7 amide bonds. The number of halogens is 2. The number of amides is 7. The Morgan fingerprint density at radius 3 is 1.71 bits per heavy atom. The fourth-order valence-corrected chi connectivity index (χ4v) is 12.1. The zero-order chi connectivity index (χ0) is 71.2. The Hall–Kier alpha value is -8.93. The number of nitrogens with zero attached hydrogens (tertiary/aromatic N) is 1. The zero-order valence-electron chi connectivity index (χ0n) is 54.3. The maximum absolute atomic E-state index is 15.2. The van der Waals surface area contributed by atoms with Crippen LogP contribution in [0.5, 0.6) is 5.75 Å². The van der Waals surface area contributed by atoms with E-state index in [1.54, 1.807) is 147 Å². The van der Waals surface area contributed by atoms with E-state index in [1.807, 2.05) is 0 Å². The van der Waals surface area contributed by atoms with Crippen LogP contribution in [0, 0.1) is 6.92 Å². The predicted molar refractivity (Wildman–Crippen MR) is 374 cm³/mol. The number of phenolic OH excluding ortho intramolecular Hbond substituents is 1. The number of hydrogen-bond donors (Lipinski definition) is 11. The topological polar surface area (TPSA) is 393 Å². The van der Waals surface area contributed by atoms with Crippen LogP contribution in [-0.2, 0) is 95.1 Å². The standard InChI is InChI=1S/C69H83Cl2N11O14S2/c1-43-24-30-50(31-25-43)98(92,93)68(96-40-48-19-11-6-12-20-48)62(86)58(42-94-39-47-17-9-5-10-18-47)81-67(91)61(44(2)95-41-51-52(70)21-13-22-53(51)71)82-65(89)55(32-34-97-3)79-66(90)57(35-45-15-7-4-8-16-45)78-60(85)38-76-59(84)37-77-64(88)56(36-46-26-28-49(83)29-27-46)80-63(87)54(72)23-14-33-75-69(73)74/h4-13,15-22,24-31,44,54-58,61,68,83H,14,23,32-42,72H2,1-3H3,(H,76,84)(H,77,88)(H,78,85)(H,79,90)(H,80,87)(H,81,91)(H,82,89)(H4,73,74,75)/t44-,54+,55+,56+,57+,58?,61+,68?/m1/s1. The molecule has 0 bridgehead atoms. The second-order valence-corrected chi connectivity index (χ2v) is 26.6. The third kappa shape index (κ3) is 25.8. The minimum absolute atomic E-state index is 0.0335. The van der Waals surface area contributed by atoms with E-state index < -0.39 is 124 Å². The molecule has 0 heterocycles. The molecule has 0 spiro atoms. The molecule has 524 valence electrons. The third-order valence-electron chi connectivity index (χ3n) is 15.1. The van der Waals surface area contributed by atoms with Gasteiger partial charge in [0.05, 0.1) is 56.6 Å². The fourth-order valence-electron chi connectivity index (χ4n) is 9.66. The Morgan fingerprint density at radius 1 is 0.571 bits per heavy atom. The van der Waals surface area contributed by atoms with Crippen molar-refractivity contribution in [2.45, 2.75) is 118 Å². The summed E-state index contributed by atoms with van der Waals surface area (Å²) in [5.74, 6) is -6.95. The molecule has 25 nitrogen and oxygen atoms in total. The molecule has 2 unspecified atom stereocenters. The lowest BCUT2D eigenvalue weighted by molar-refractivity contribution is -0.139. The number of ketones is 1. The summed E-state index contributed by atoms with van der Waals surface area (Å²) in [6, 6.07) is 33.8. The number of ether oxygens (including phenoxy) is 3. The molecule has 0 radical (unpaired) electrons. The number of nitrogens with two attached hydrogens (primary N) is 3. The number of aliphatic imine (C=N–C) groups is 1. The van der Waals surface area contributed by atoms with Crippen molar-refractivity contribution in [3.05, 3.63) is 201 Å². The van der Waals surface area contributed by atoms with Crippen molar-refractivity contribution >= 4 is 97.9 Å². The maximum atomic E-state index is 15.2. The van der Waals surface area contributed by atoms with Crippen LogP contribution in [0.3, 0.4) is 0 Å². The summed E-state index contributed by atoms with van der Waals surface area (Å²) in [5.41, 5.74) is 18.1. The van der Waals surface area contributed by atoms with Crippen molar-refractivity contribution < 1.29 is 66.1 Å². The second-order valence-electron chi connectivity index (χ2n) is 22.8. The Balaban J connectivity index is 1.22. The lowest BCUT2D eigenvalue weighted by Gasteiger charge is -2.30. The van der Waals surface area contributed by atoms with Gasteiger partial charge < -0.3 is 73.7 Å². The maximum Gasteiger partial charge on any atom is 0.245 e. The summed E-state index contributed by atoms with van der Waals surface area (Å²) in [4.78, 5) is 117. The number of aryl methyl sites for hydroxylation is 1. The van der Waals surface area contributed by atoms with E-state index in [4.69, 9.17) is 54.6 Å². The first-order valence-corrected chi connectivity index (χ1v) is 34.9. The minimum Gasteiger partial charge on any atom is -0.508 e. The summed E-state index contributed by atoms with van der Waals surface area (Å²) >= 11 is 14.4. The number of aromatic hydroxyl groups is 1. The molecule has 0 saturated heterocycles.